The van der Waals surface area contributed by atoms with Crippen molar-refractivity contribution in [2.75, 3.05) is 52.4 Å². The third-order valence-electron chi connectivity index (χ3n) is 13.7. The quantitative estimate of drug-likeness (QED) is 0.0272. The van der Waals surface area contributed by atoms with E-state index in [1.54, 1.807) is 0 Å². The predicted molar refractivity (Wildman–Crippen MR) is 293 cm³/mol. The van der Waals surface area contributed by atoms with E-state index >= 15 is 0 Å². The Labute approximate surface area is 479 Å². The number of hydrogen-bond acceptors (Lipinski definition) is 4. The molecule has 0 fully saturated rings. The summed E-state index contributed by atoms with van der Waals surface area (Å²) in [5.74, 6) is 0.322. The number of carbonyl (C=O) groups excluding carboxylic acids is 4. The lowest BCUT2D eigenvalue weighted by Crippen LogP contribution is -3.00. The molecule has 14 N–H and O–H groups in total. The SMILES string of the molecule is CCCCCCCC/C=C\CCCCCCCC(=O)NCCCN(CCCCN(CCCNC(=O)CCCCCCC/C=C\CCCCCCCC)C(=O)[C@@H]([NH3+])CCCC[NH3+])C(=O)[C@@H]([NH3+])CCCC[NH3+].[Cl-].[Cl-].[Cl-].[Cl-]. The zero-order valence-electron chi connectivity index (χ0n) is 47.9. The Hall–Kier alpha value is -1.64. The van der Waals surface area contributed by atoms with Gasteiger partial charge in [0.05, 0.1) is 13.1 Å². The minimum atomic E-state index is -0.308. The molecular weight excluding hydrogens is 1010 g/mol. The minimum Gasteiger partial charge on any atom is -1.00 e. The van der Waals surface area contributed by atoms with Crippen molar-refractivity contribution >= 4 is 23.6 Å². The zero-order chi connectivity index (χ0) is 51.4. The van der Waals surface area contributed by atoms with Crippen molar-refractivity contribution in [3.05, 3.63) is 24.3 Å². The van der Waals surface area contributed by atoms with Crippen LogP contribution in [0.25, 0.3) is 0 Å². The van der Waals surface area contributed by atoms with Crippen molar-refractivity contribution in [2.45, 2.75) is 270 Å². The Kier molecular flexibility index (Phi) is 70.1. The van der Waals surface area contributed by atoms with Crippen LogP contribution in [0.5, 0.6) is 0 Å². The van der Waals surface area contributed by atoms with E-state index in [2.05, 4.69) is 71.7 Å². The number of nitrogens with zero attached hydrogens (tertiary/aromatic N) is 2. The van der Waals surface area contributed by atoms with Crippen molar-refractivity contribution < 1.29 is 91.7 Å². The van der Waals surface area contributed by atoms with E-state index in [0.29, 0.717) is 65.0 Å². The number of rotatable bonds is 53. The van der Waals surface area contributed by atoms with E-state index < -0.39 is 0 Å². The van der Waals surface area contributed by atoms with E-state index in [9.17, 15) is 19.2 Å². The number of nitrogens with one attached hydrogen (secondary N) is 2. The molecule has 16 heteroatoms. The monoisotopic (exact) mass is 1130 g/mol. The second-order valence-corrected chi connectivity index (χ2v) is 20.5. The minimum absolute atomic E-state index is 0. The molecule has 0 saturated heterocycles. The lowest BCUT2D eigenvalue weighted by molar-refractivity contribution is -0.408. The van der Waals surface area contributed by atoms with Crippen LogP contribution < -0.4 is 83.2 Å². The number of amides is 4. The molecule has 442 valence electrons. The van der Waals surface area contributed by atoms with Gasteiger partial charge in [-0.25, -0.2) is 0 Å². The molecule has 0 aromatic carbocycles. The Morgan fingerprint density at radius 1 is 0.378 bits per heavy atom. The molecular formula is C58H118Cl4N8O4. The lowest BCUT2D eigenvalue weighted by Gasteiger charge is -2.27. The van der Waals surface area contributed by atoms with Crippen LogP contribution in [0.4, 0.5) is 0 Å². The van der Waals surface area contributed by atoms with Crippen LogP contribution in [0.2, 0.25) is 0 Å². The molecule has 12 nitrogen and oxygen atoms in total. The Bertz CT molecular complexity index is 1190. The summed E-state index contributed by atoms with van der Waals surface area (Å²) in [4.78, 5) is 56.5. The van der Waals surface area contributed by atoms with E-state index in [0.717, 1.165) is 103 Å². The molecule has 4 amide bonds. The van der Waals surface area contributed by atoms with Gasteiger partial charge in [0.1, 0.15) is 0 Å². The Morgan fingerprint density at radius 3 is 0.973 bits per heavy atom. The van der Waals surface area contributed by atoms with Crippen molar-refractivity contribution in [1.29, 1.82) is 0 Å². The third-order valence-corrected chi connectivity index (χ3v) is 13.7. The van der Waals surface area contributed by atoms with Gasteiger partial charge >= 0.3 is 0 Å². The molecule has 2 atom stereocenters. The molecule has 74 heavy (non-hydrogen) atoms. The molecule has 0 spiro atoms. The highest BCUT2D eigenvalue weighted by Crippen LogP contribution is 2.13. The Morgan fingerprint density at radius 2 is 0.662 bits per heavy atom. The van der Waals surface area contributed by atoms with Gasteiger partial charge in [0, 0.05) is 65.0 Å². The molecule has 0 radical (unpaired) electrons. The number of carbonyl (C=O) groups is 4. The van der Waals surface area contributed by atoms with Crippen LogP contribution in [0, 0.1) is 0 Å². The van der Waals surface area contributed by atoms with Crippen LogP contribution >= 0.6 is 0 Å². The molecule has 0 aliphatic carbocycles. The second kappa shape index (κ2) is 63.9. The third kappa shape index (κ3) is 53.7. The van der Waals surface area contributed by atoms with E-state index in [1.165, 1.54) is 128 Å². The fraction of sp³-hybridized carbons (Fsp3) is 0.862. The lowest BCUT2D eigenvalue weighted by atomic mass is 10.1. The largest absolute Gasteiger partial charge is 1.00 e. The van der Waals surface area contributed by atoms with E-state index in [-0.39, 0.29) is 85.3 Å². The van der Waals surface area contributed by atoms with Crippen LogP contribution in [0.3, 0.4) is 0 Å². The fourth-order valence-electron chi connectivity index (χ4n) is 9.05. The summed E-state index contributed by atoms with van der Waals surface area (Å²) in [5, 5.41) is 6.19. The number of quaternary nitrogens is 4. The summed E-state index contributed by atoms with van der Waals surface area (Å²) in [7, 11) is 0. The first kappa shape index (κ1) is 81.2. The maximum Gasteiger partial charge on any atom is 0.280 e. The van der Waals surface area contributed by atoms with Gasteiger partial charge < -0.3 is 93.0 Å². The van der Waals surface area contributed by atoms with Crippen LogP contribution in [-0.4, -0.2) is 97.9 Å². The van der Waals surface area contributed by atoms with Gasteiger partial charge in [-0.15, -0.1) is 0 Å². The van der Waals surface area contributed by atoms with Crippen molar-refractivity contribution in [1.82, 2.24) is 20.4 Å². The first-order valence-electron chi connectivity index (χ1n) is 29.9. The number of halogens is 4. The second-order valence-electron chi connectivity index (χ2n) is 20.5. The molecule has 0 rings (SSSR count). The maximum atomic E-state index is 13.7. The number of unbranched alkanes of at least 4 members (excludes halogenated alkanes) is 25. The summed E-state index contributed by atoms with van der Waals surface area (Å²) >= 11 is 0. The molecule has 0 aromatic heterocycles. The fourth-order valence-corrected chi connectivity index (χ4v) is 9.05. The van der Waals surface area contributed by atoms with Gasteiger partial charge in [-0.05, 0) is 116 Å². The number of hydrogen-bond donors (Lipinski definition) is 6. The molecule has 0 aliphatic rings. The first-order valence-corrected chi connectivity index (χ1v) is 29.9. The highest BCUT2D eigenvalue weighted by molar-refractivity contribution is 5.81. The van der Waals surface area contributed by atoms with Gasteiger partial charge in [-0.3, -0.25) is 19.2 Å². The molecule has 0 bridgehead atoms. The zero-order valence-corrected chi connectivity index (χ0v) is 50.9. The summed E-state index contributed by atoms with van der Waals surface area (Å²) in [6.07, 6.45) is 50.9. The molecule has 0 aliphatic heterocycles. The van der Waals surface area contributed by atoms with E-state index in [1.807, 2.05) is 9.80 Å². The highest BCUT2D eigenvalue weighted by atomic mass is 35.5. The number of allylic oxidation sites excluding steroid dienone is 4. The topological polar surface area (TPSA) is 209 Å². The highest BCUT2D eigenvalue weighted by Gasteiger charge is 2.25. The molecule has 0 heterocycles. The maximum absolute atomic E-state index is 13.7. The average Bonchev–Trinajstić information content (AvgIpc) is 3.35. The van der Waals surface area contributed by atoms with Crippen molar-refractivity contribution in [2.24, 2.45) is 0 Å². The Balaban J connectivity index is -0.00000397. The average molecular weight is 1130 g/mol. The van der Waals surface area contributed by atoms with Gasteiger partial charge in [0.15, 0.2) is 12.1 Å². The van der Waals surface area contributed by atoms with Gasteiger partial charge in [0.2, 0.25) is 11.8 Å². The smallest absolute Gasteiger partial charge is 0.280 e. The molecule has 0 unspecified atom stereocenters. The van der Waals surface area contributed by atoms with Crippen molar-refractivity contribution in [3.63, 3.8) is 0 Å². The van der Waals surface area contributed by atoms with Crippen LogP contribution in [0.1, 0.15) is 258 Å². The van der Waals surface area contributed by atoms with Crippen LogP contribution in [-0.2, 0) is 19.2 Å². The van der Waals surface area contributed by atoms with Gasteiger partial charge in [-0.1, -0.05) is 141 Å². The normalized spacial score (nSPS) is 11.8. The van der Waals surface area contributed by atoms with Crippen LogP contribution in [0.15, 0.2) is 24.3 Å². The van der Waals surface area contributed by atoms with Gasteiger partial charge in [0.25, 0.3) is 11.8 Å². The molecule has 0 saturated carbocycles. The predicted octanol–water partition coefficient (Wildman–Crippen LogP) is -3.43. The van der Waals surface area contributed by atoms with Crippen molar-refractivity contribution in [3.8, 4) is 0 Å². The van der Waals surface area contributed by atoms with E-state index in [4.69, 9.17) is 0 Å². The molecule has 0 aromatic rings. The van der Waals surface area contributed by atoms with Gasteiger partial charge in [-0.2, -0.15) is 0 Å². The summed E-state index contributed by atoms with van der Waals surface area (Å²) in [6.45, 7) is 9.66. The summed E-state index contributed by atoms with van der Waals surface area (Å²) in [5.41, 5.74) is 16.4. The summed E-state index contributed by atoms with van der Waals surface area (Å²) in [6, 6.07) is -0.615. The first-order chi connectivity index (χ1) is 34.2. The standard InChI is InChI=1S/C58H114N8O4.4ClH/c1-3-5-7-9-11-13-15-17-19-21-23-25-27-29-31-43-55(67)63-47-39-51-65(57(69)53(61)41-33-35-45-59)49-37-38-50-66(58(70)54(62)42-34-36-46-60)52-40-48-64-56(68)44-32-30-28-26-24-22-20-18-16-14-12-10-8-6-4-2;;;;/h17-20,53-54H,3-16,21-52,59-62H2,1-2H3,(H,63,67)(H,64,68);4*1H/b19-17-,20-18-;;;;/t53-,54-;;;;/m0..../s1. The summed E-state index contributed by atoms with van der Waals surface area (Å²) < 4.78 is 0.